The first-order valence-corrected chi connectivity index (χ1v) is 15.2. The number of fused-ring (bicyclic) bond motifs is 3. The fourth-order valence-corrected chi connectivity index (χ4v) is 6.86. The topological polar surface area (TPSA) is 106 Å². The molecule has 3 atom stereocenters. The number of hydrogen-bond acceptors (Lipinski definition) is 4. The molecule has 11 heteroatoms. The van der Waals surface area contributed by atoms with E-state index in [1.165, 1.54) is 36.8 Å². The number of halogens is 2. The van der Waals surface area contributed by atoms with Gasteiger partial charge in [0, 0.05) is 62.5 Å². The van der Waals surface area contributed by atoms with Crippen molar-refractivity contribution in [2.75, 3.05) is 19.6 Å². The molecule has 0 radical (unpaired) electrons. The lowest BCUT2D eigenvalue weighted by atomic mass is 9.97. The average Bonchev–Trinajstić information content (AvgIpc) is 3.60. The summed E-state index contributed by atoms with van der Waals surface area (Å²) in [5.41, 5.74) is 3.91. The van der Waals surface area contributed by atoms with Crippen molar-refractivity contribution in [1.82, 2.24) is 25.0 Å². The van der Waals surface area contributed by atoms with Gasteiger partial charge in [-0.25, -0.2) is 8.78 Å². The van der Waals surface area contributed by atoms with E-state index >= 15 is 0 Å². The van der Waals surface area contributed by atoms with Gasteiger partial charge in [-0.05, 0) is 61.9 Å². The van der Waals surface area contributed by atoms with Crippen LogP contribution in [0.25, 0.3) is 10.9 Å². The van der Waals surface area contributed by atoms with Crippen LogP contribution < -0.4 is 5.32 Å². The van der Waals surface area contributed by atoms with Gasteiger partial charge < -0.3 is 25.0 Å². The zero-order valence-corrected chi connectivity index (χ0v) is 25.2. The van der Waals surface area contributed by atoms with Crippen LogP contribution in [0.2, 0.25) is 0 Å². The molecule has 1 aromatic heterocycles. The van der Waals surface area contributed by atoms with Gasteiger partial charge in [0.2, 0.25) is 17.7 Å². The minimum absolute atomic E-state index is 0.0349. The van der Waals surface area contributed by atoms with Crippen LogP contribution in [0.15, 0.2) is 42.5 Å². The predicted molar refractivity (Wildman–Crippen MR) is 160 cm³/mol. The van der Waals surface area contributed by atoms with E-state index in [0.717, 1.165) is 24.5 Å². The molecule has 0 saturated carbocycles. The Kier molecular flexibility index (Phi) is 7.67. The molecule has 2 saturated heterocycles. The van der Waals surface area contributed by atoms with Gasteiger partial charge in [0.1, 0.15) is 17.8 Å². The Bertz CT molecular complexity index is 1650. The van der Waals surface area contributed by atoms with Crippen molar-refractivity contribution in [2.45, 2.75) is 77.0 Å². The first kappa shape index (κ1) is 29.8. The molecule has 2 aromatic carbocycles. The number of hydrogen-bond donors (Lipinski definition) is 2. The summed E-state index contributed by atoms with van der Waals surface area (Å²) in [6.45, 7) is 5.69. The lowest BCUT2D eigenvalue weighted by molar-refractivity contribution is -0.149. The van der Waals surface area contributed by atoms with E-state index in [2.05, 4.69) is 28.5 Å². The minimum atomic E-state index is -3.04. The third-order valence-corrected chi connectivity index (χ3v) is 9.28. The van der Waals surface area contributed by atoms with Crippen LogP contribution in [-0.4, -0.2) is 81.1 Å². The normalized spacial score (nSPS) is 22.3. The number of aromatic nitrogens is 1. The van der Waals surface area contributed by atoms with Crippen LogP contribution in [-0.2, 0) is 33.3 Å². The fraction of sp³-hybridized carbons (Fsp3) is 0.455. The Balaban J connectivity index is 1.24. The number of carbonyl (C=O) groups excluding carboxylic acids is 4. The maximum Gasteiger partial charge on any atom is 0.270 e. The quantitative estimate of drug-likeness (QED) is 0.471. The van der Waals surface area contributed by atoms with Crippen molar-refractivity contribution < 1.29 is 28.0 Å². The highest BCUT2D eigenvalue weighted by Crippen LogP contribution is 2.33. The Morgan fingerprint density at radius 3 is 2.52 bits per heavy atom. The summed E-state index contributed by atoms with van der Waals surface area (Å²) in [7, 11) is 0. The highest BCUT2D eigenvalue weighted by atomic mass is 19.3. The first-order chi connectivity index (χ1) is 20.9. The van der Waals surface area contributed by atoms with Crippen LogP contribution in [0.1, 0.15) is 65.9 Å². The molecule has 3 aliphatic heterocycles. The number of aromatic amines is 1. The Morgan fingerprint density at radius 1 is 0.977 bits per heavy atom. The van der Waals surface area contributed by atoms with Crippen LogP contribution in [0, 0.1) is 6.92 Å². The summed E-state index contributed by atoms with van der Waals surface area (Å²) in [5.74, 6) is -4.35. The van der Waals surface area contributed by atoms with Gasteiger partial charge >= 0.3 is 0 Å². The number of H-pyrrole nitrogens is 1. The number of nitrogens with one attached hydrogen (secondary N) is 2. The van der Waals surface area contributed by atoms with Gasteiger partial charge in [-0.3, -0.25) is 19.2 Å². The van der Waals surface area contributed by atoms with Gasteiger partial charge in [-0.15, -0.1) is 0 Å². The van der Waals surface area contributed by atoms with Crippen molar-refractivity contribution in [3.8, 4) is 0 Å². The highest BCUT2D eigenvalue weighted by Gasteiger charge is 2.46. The van der Waals surface area contributed by atoms with E-state index in [4.69, 9.17) is 0 Å². The van der Waals surface area contributed by atoms with Crippen LogP contribution in [0.5, 0.6) is 0 Å². The zero-order chi connectivity index (χ0) is 31.3. The molecule has 2 N–H and O–H groups in total. The SMILES string of the molecule is CC(=O)N1CC[C@H]2CC[C@@H](C(=O)N3CCc4ccc(C)cc4C3)N2C(=O)[C@@H](NC(=O)c2cc3cc(C(C)(F)F)ccc3[nH]2)C1. The maximum atomic E-state index is 14.2. The second-order valence-electron chi connectivity index (χ2n) is 12.4. The number of benzene rings is 2. The van der Waals surface area contributed by atoms with Crippen molar-refractivity contribution >= 4 is 34.5 Å². The van der Waals surface area contributed by atoms with Gasteiger partial charge in [-0.1, -0.05) is 29.8 Å². The largest absolute Gasteiger partial charge is 0.351 e. The zero-order valence-electron chi connectivity index (χ0n) is 25.2. The number of aryl methyl sites for hydroxylation is 1. The lowest BCUT2D eigenvalue weighted by Gasteiger charge is -2.40. The first-order valence-electron chi connectivity index (χ1n) is 15.2. The molecule has 4 amide bonds. The average molecular weight is 606 g/mol. The molecular weight excluding hydrogens is 568 g/mol. The number of rotatable bonds is 4. The number of alkyl halides is 2. The molecule has 0 unspecified atom stereocenters. The molecule has 3 aliphatic rings. The molecule has 9 nitrogen and oxygen atoms in total. The Labute approximate surface area is 254 Å². The highest BCUT2D eigenvalue weighted by molar-refractivity contribution is 6.01. The number of amides is 4. The van der Waals surface area contributed by atoms with Gasteiger partial charge in [-0.2, -0.15) is 0 Å². The van der Waals surface area contributed by atoms with E-state index in [9.17, 15) is 28.0 Å². The van der Waals surface area contributed by atoms with E-state index in [1.54, 1.807) is 9.80 Å². The predicted octanol–water partition coefficient (Wildman–Crippen LogP) is 3.88. The van der Waals surface area contributed by atoms with E-state index in [0.29, 0.717) is 49.8 Å². The molecule has 4 heterocycles. The Morgan fingerprint density at radius 2 is 1.77 bits per heavy atom. The summed E-state index contributed by atoms with van der Waals surface area (Å²) < 4.78 is 27.8. The monoisotopic (exact) mass is 605 g/mol. The van der Waals surface area contributed by atoms with Crippen LogP contribution in [0.4, 0.5) is 8.78 Å². The van der Waals surface area contributed by atoms with Gasteiger partial charge in [0.05, 0.1) is 0 Å². The number of carbonyl (C=O) groups is 4. The van der Waals surface area contributed by atoms with Crippen molar-refractivity contribution in [3.63, 3.8) is 0 Å². The summed E-state index contributed by atoms with van der Waals surface area (Å²) in [6.07, 6.45) is 2.44. The number of nitrogens with zero attached hydrogens (tertiary/aromatic N) is 3. The second kappa shape index (κ2) is 11.3. The molecule has 2 fully saturated rings. The fourth-order valence-electron chi connectivity index (χ4n) is 6.86. The second-order valence-corrected chi connectivity index (χ2v) is 12.4. The minimum Gasteiger partial charge on any atom is -0.351 e. The molecular formula is C33H37F2N5O4. The van der Waals surface area contributed by atoms with Crippen molar-refractivity contribution in [2.24, 2.45) is 0 Å². The van der Waals surface area contributed by atoms with Gasteiger partial charge in [0.15, 0.2) is 0 Å². The summed E-state index contributed by atoms with van der Waals surface area (Å²) in [4.78, 5) is 62.0. The molecule has 44 heavy (non-hydrogen) atoms. The molecule has 232 valence electrons. The molecule has 3 aromatic rings. The van der Waals surface area contributed by atoms with E-state index in [1.807, 2.05) is 11.8 Å². The molecule has 0 bridgehead atoms. The van der Waals surface area contributed by atoms with E-state index in [-0.39, 0.29) is 35.7 Å². The van der Waals surface area contributed by atoms with Crippen LogP contribution >= 0.6 is 0 Å². The summed E-state index contributed by atoms with van der Waals surface area (Å²) in [5, 5.41) is 3.22. The smallest absolute Gasteiger partial charge is 0.270 e. The molecule has 0 spiro atoms. The van der Waals surface area contributed by atoms with Crippen LogP contribution in [0.3, 0.4) is 0 Å². The third-order valence-electron chi connectivity index (χ3n) is 9.28. The summed E-state index contributed by atoms with van der Waals surface area (Å²) in [6, 6.07) is 9.90. The Hall–Kier alpha value is -4.28. The van der Waals surface area contributed by atoms with Gasteiger partial charge in [0.25, 0.3) is 11.8 Å². The molecule has 0 aliphatic carbocycles. The summed E-state index contributed by atoms with van der Waals surface area (Å²) >= 11 is 0. The van der Waals surface area contributed by atoms with E-state index < -0.39 is 29.8 Å². The maximum absolute atomic E-state index is 14.2. The molecule has 6 rings (SSSR count). The van der Waals surface area contributed by atoms with Crippen molar-refractivity contribution in [3.05, 3.63) is 70.4 Å². The lowest BCUT2D eigenvalue weighted by Crippen LogP contribution is -2.61. The third kappa shape index (κ3) is 5.67. The standard InChI is InChI=1S/C33H37F2N5O4/c1-19-4-5-21-10-12-39(17-23(21)14-19)32(44)29-9-7-25-11-13-38(20(2)41)18-28(31(43)40(25)29)37-30(42)27-16-22-15-24(33(3,34)35)6-8-26(22)36-27/h4-6,8,14-16,25,28-29,36H,7,9-13,17-18H2,1-3H3,(H,37,42)/t25-,28+,29+/m1/s1. The van der Waals surface area contributed by atoms with Crippen molar-refractivity contribution in [1.29, 1.82) is 0 Å².